The highest BCUT2D eigenvalue weighted by Crippen LogP contribution is 2.37. The molecule has 6 nitrogen and oxygen atoms in total. The van der Waals surface area contributed by atoms with Crippen LogP contribution in [0.15, 0.2) is 36.5 Å². The first kappa shape index (κ1) is 20.4. The highest BCUT2D eigenvalue weighted by Gasteiger charge is 2.42. The molecule has 0 atom stereocenters. The zero-order valence-electron chi connectivity index (χ0n) is 17.2. The number of nitrogens with zero attached hydrogens (tertiary/aromatic N) is 3. The second-order valence-corrected chi connectivity index (χ2v) is 7.57. The monoisotopic (exact) mass is 385 g/mol. The summed E-state index contributed by atoms with van der Waals surface area (Å²) in [5.74, 6) is 0.759. The molecule has 0 unspecified atom stereocenters. The number of hydrogen-bond acceptors (Lipinski definition) is 5. The molecule has 2 aromatic rings. The smallest absolute Gasteiger partial charge is 0.312 e. The number of para-hydroxylation sites is 1. The molecule has 0 saturated carbocycles. The SMILES string of the molecule is CCOC(=O)C1(CCOc2ccccc2)CCN(Cc2cnn(C)c2C)CC1. The summed E-state index contributed by atoms with van der Waals surface area (Å²) in [6, 6.07) is 9.75. The Hall–Kier alpha value is -2.34. The van der Waals surface area contributed by atoms with E-state index < -0.39 is 5.41 Å². The third kappa shape index (κ3) is 4.73. The second kappa shape index (κ2) is 9.24. The van der Waals surface area contributed by atoms with E-state index in [4.69, 9.17) is 9.47 Å². The van der Waals surface area contributed by atoms with Crippen LogP contribution in [0.2, 0.25) is 0 Å². The van der Waals surface area contributed by atoms with Crippen molar-refractivity contribution in [3.05, 3.63) is 47.8 Å². The molecule has 1 saturated heterocycles. The first-order valence-electron chi connectivity index (χ1n) is 10.1. The number of aromatic nitrogens is 2. The lowest BCUT2D eigenvalue weighted by Gasteiger charge is -2.39. The van der Waals surface area contributed by atoms with Gasteiger partial charge in [-0.1, -0.05) is 18.2 Å². The van der Waals surface area contributed by atoms with Gasteiger partial charge in [0, 0.05) is 24.8 Å². The Kier molecular flexibility index (Phi) is 6.73. The number of aryl methyl sites for hydroxylation is 1. The summed E-state index contributed by atoms with van der Waals surface area (Å²) in [5.41, 5.74) is 1.99. The average Bonchev–Trinajstić information content (AvgIpc) is 3.02. The zero-order chi connectivity index (χ0) is 20.0. The normalized spacial score (nSPS) is 16.7. The van der Waals surface area contributed by atoms with E-state index >= 15 is 0 Å². The number of rotatable bonds is 8. The molecule has 0 radical (unpaired) electrons. The van der Waals surface area contributed by atoms with Crippen molar-refractivity contribution < 1.29 is 14.3 Å². The number of piperidine rings is 1. The molecule has 0 amide bonds. The van der Waals surface area contributed by atoms with E-state index in [0.29, 0.717) is 19.6 Å². The lowest BCUT2D eigenvalue weighted by atomic mass is 9.75. The fourth-order valence-corrected chi connectivity index (χ4v) is 3.80. The van der Waals surface area contributed by atoms with Gasteiger partial charge in [0.15, 0.2) is 0 Å². The standard InChI is InChI=1S/C22H31N3O3/c1-4-27-21(26)22(12-15-28-20-8-6-5-7-9-20)10-13-25(14-11-22)17-19-16-23-24(3)18(19)2/h5-9,16H,4,10-15,17H2,1-3H3. The van der Waals surface area contributed by atoms with Crippen molar-refractivity contribution in [1.29, 1.82) is 0 Å². The Labute approximate surface area is 167 Å². The molecule has 0 spiro atoms. The van der Waals surface area contributed by atoms with E-state index in [1.165, 1.54) is 11.3 Å². The van der Waals surface area contributed by atoms with Crippen LogP contribution in [0.4, 0.5) is 0 Å². The van der Waals surface area contributed by atoms with E-state index in [2.05, 4.69) is 16.9 Å². The minimum atomic E-state index is -0.453. The van der Waals surface area contributed by atoms with Gasteiger partial charge in [0.25, 0.3) is 0 Å². The number of hydrogen-bond donors (Lipinski definition) is 0. The highest BCUT2D eigenvalue weighted by atomic mass is 16.5. The zero-order valence-corrected chi connectivity index (χ0v) is 17.2. The van der Waals surface area contributed by atoms with Gasteiger partial charge in [0.05, 0.1) is 24.8 Å². The molecular weight excluding hydrogens is 354 g/mol. The summed E-state index contributed by atoms with van der Waals surface area (Å²) >= 11 is 0. The quantitative estimate of drug-likeness (QED) is 0.653. The van der Waals surface area contributed by atoms with Crippen LogP contribution in [0.25, 0.3) is 0 Å². The summed E-state index contributed by atoms with van der Waals surface area (Å²) in [5, 5.41) is 4.33. The van der Waals surface area contributed by atoms with Crippen molar-refractivity contribution >= 4 is 5.97 Å². The van der Waals surface area contributed by atoms with Gasteiger partial charge >= 0.3 is 5.97 Å². The van der Waals surface area contributed by atoms with Crippen LogP contribution >= 0.6 is 0 Å². The molecule has 0 bridgehead atoms. The summed E-state index contributed by atoms with van der Waals surface area (Å²) in [6.07, 6.45) is 4.21. The number of esters is 1. The number of ether oxygens (including phenoxy) is 2. The highest BCUT2D eigenvalue weighted by molar-refractivity contribution is 5.77. The first-order valence-corrected chi connectivity index (χ1v) is 10.1. The predicted molar refractivity (Wildman–Crippen MR) is 108 cm³/mol. The lowest BCUT2D eigenvalue weighted by Crippen LogP contribution is -2.45. The molecule has 2 heterocycles. The maximum absolute atomic E-state index is 12.8. The van der Waals surface area contributed by atoms with Crippen molar-refractivity contribution in [2.75, 3.05) is 26.3 Å². The molecule has 6 heteroatoms. The van der Waals surface area contributed by atoms with Crippen LogP contribution in [0.3, 0.4) is 0 Å². The molecule has 0 aliphatic carbocycles. The van der Waals surface area contributed by atoms with Gasteiger partial charge in [0.2, 0.25) is 0 Å². The van der Waals surface area contributed by atoms with Crippen LogP contribution in [0, 0.1) is 12.3 Å². The summed E-state index contributed by atoms with van der Waals surface area (Å²) in [6.45, 7) is 7.52. The minimum absolute atomic E-state index is 0.0797. The number of carbonyl (C=O) groups is 1. The van der Waals surface area contributed by atoms with Crippen LogP contribution in [0.5, 0.6) is 5.75 Å². The van der Waals surface area contributed by atoms with Gasteiger partial charge in [-0.2, -0.15) is 5.10 Å². The third-order valence-electron chi connectivity index (χ3n) is 5.85. The van der Waals surface area contributed by atoms with Gasteiger partial charge in [-0.15, -0.1) is 0 Å². The lowest BCUT2D eigenvalue weighted by molar-refractivity contribution is -0.159. The number of likely N-dealkylation sites (tertiary alicyclic amines) is 1. The largest absolute Gasteiger partial charge is 0.494 e. The maximum Gasteiger partial charge on any atom is 0.312 e. The molecule has 1 aromatic carbocycles. The molecule has 1 aliphatic heterocycles. The van der Waals surface area contributed by atoms with Crippen LogP contribution in [0.1, 0.15) is 37.4 Å². The minimum Gasteiger partial charge on any atom is -0.494 e. The Bertz CT molecular complexity index is 765. The fourth-order valence-electron chi connectivity index (χ4n) is 3.80. The predicted octanol–water partition coefficient (Wildman–Crippen LogP) is 3.34. The van der Waals surface area contributed by atoms with Crippen LogP contribution in [-0.4, -0.2) is 47.0 Å². The molecule has 3 rings (SSSR count). The van der Waals surface area contributed by atoms with Crippen molar-refractivity contribution in [2.24, 2.45) is 12.5 Å². The van der Waals surface area contributed by atoms with E-state index in [9.17, 15) is 4.79 Å². The second-order valence-electron chi connectivity index (χ2n) is 7.57. The van der Waals surface area contributed by atoms with Crippen LogP contribution in [-0.2, 0) is 23.1 Å². The van der Waals surface area contributed by atoms with E-state index in [0.717, 1.165) is 38.2 Å². The molecule has 28 heavy (non-hydrogen) atoms. The Morgan fingerprint density at radius 3 is 2.54 bits per heavy atom. The van der Waals surface area contributed by atoms with Gasteiger partial charge in [0.1, 0.15) is 5.75 Å². The van der Waals surface area contributed by atoms with E-state index in [-0.39, 0.29) is 5.97 Å². The van der Waals surface area contributed by atoms with Gasteiger partial charge in [-0.05, 0) is 58.3 Å². The molecule has 1 aromatic heterocycles. The Balaban J connectivity index is 1.59. The topological polar surface area (TPSA) is 56.6 Å². The third-order valence-corrected chi connectivity index (χ3v) is 5.85. The molecule has 152 valence electrons. The Morgan fingerprint density at radius 2 is 1.93 bits per heavy atom. The van der Waals surface area contributed by atoms with E-state index in [1.54, 1.807) is 0 Å². The maximum atomic E-state index is 12.8. The van der Waals surface area contributed by atoms with Gasteiger partial charge in [-0.3, -0.25) is 14.4 Å². The average molecular weight is 386 g/mol. The molecule has 0 N–H and O–H groups in total. The van der Waals surface area contributed by atoms with Gasteiger partial charge < -0.3 is 9.47 Å². The molecular formula is C22H31N3O3. The molecule has 1 fully saturated rings. The van der Waals surface area contributed by atoms with Crippen LogP contribution < -0.4 is 4.74 Å². The summed E-state index contributed by atoms with van der Waals surface area (Å²) < 4.78 is 13.2. The van der Waals surface area contributed by atoms with Crippen molar-refractivity contribution in [3.8, 4) is 5.75 Å². The summed E-state index contributed by atoms with van der Waals surface area (Å²) in [4.78, 5) is 15.2. The van der Waals surface area contributed by atoms with Gasteiger partial charge in [-0.25, -0.2) is 0 Å². The Morgan fingerprint density at radius 1 is 1.21 bits per heavy atom. The van der Waals surface area contributed by atoms with E-state index in [1.807, 2.05) is 55.2 Å². The number of benzene rings is 1. The number of carbonyl (C=O) groups excluding carboxylic acids is 1. The first-order chi connectivity index (χ1) is 13.5. The van der Waals surface area contributed by atoms with Crippen molar-refractivity contribution in [1.82, 2.24) is 14.7 Å². The van der Waals surface area contributed by atoms with Crippen molar-refractivity contribution in [2.45, 2.75) is 39.7 Å². The van der Waals surface area contributed by atoms with Crippen molar-refractivity contribution in [3.63, 3.8) is 0 Å². The molecule has 1 aliphatic rings. The summed E-state index contributed by atoms with van der Waals surface area (Å²) in [7, 11) is 1.97. The fraction of sp³-hybridized carbons (Fsp3) is 0.545.